The van der Waals surface area contributed by atoms with Gasteiger partial charge in [-0.1, -0.05) is 18.6 Å². The molecule has 0 radical (unpaired) electrons. The van der Waals surface area contributed by atoms with Crippen LogP contribution in [0.25, 0.3) is 0 Å². The summed E-state index contributed by atoms with van der Waals surface area (Å²) in [5.41, 5.74) is 6.12. The highest BCUT2D eigenvalue weighted by molar-refractivity contribution is 7.80. The van der Waals surface area contributed by atoms with Crippen LogP contribution in [0.15, 0.2) is 18.3 Å². The summed E-state index contributed by atoms with van der Waals surface area (Å²) in [7, 11) is 0. The van der Waals surface area contributed by atoms with Gasteiger partial charge < -0.3 is 10.5 Å². The van der Waals surface area contributed by atoms with E-state index >= 15 is 0 Å². The van der Waals surface area contributed by atoms with E-state index in [9.17, 15) is 0 Å². The average molecular weight is 236 g/mol. The molecule has 1 fully saturated rings. The van der Waals surface area contributed by atoms with E-state index in [1.807, 2.05) is 6.07 Å². The highest BCUT2D eigenvalue weighted by atomic mass is 32.1. The molecule has 0 spiro atoms. The monoisotopic (exact) mass is 236 g/mol. The molecule has 1 saturated carbocycles. The molecule has 0 saturated heterocycles. The number of nitrogens with zero attached hydrogens (tertiary/aromatic N) is 1. The van der Waals surface area contributed by atoms with E-state index in [0.29, 0.717) is 16.8 Å². The third-order valence-electron chi connectivity index (χ3n) is 2.84. The van der Waals surface area contributed by atoms with Crippen LogP contribution in [0.1, 0.15) is 37.8 Å². The molecule has 0 amide bonds. The van der Waals surface area contributed by atoms with Crippen LogP contribution in [-0.2, 0) is 0 Å². The van der Waals surface area contributed by atoms with Gasteiger partial charge in [0.1, 0.15) is 10.7 Å². The first-order chi connectivity index (χ1) is 7.75. The lowest BCUT2D eigenvalue weighted by molar-refractivity contribution is 0.154. The van der Waals surface area contributed by atoms with Crippen LogP contribution in [0.4, 0.5) is 0 Å². The lowest BCUT2D eigenvalue weighted by Gasteiger charge is -2.22. The minimum atomic E-state index is 0.323. The van der Waals surface area contributed by atoms with Crippen molar-refractivity contribution in [2.24, 2.45) is 5.73 Å². The van der Waals surface area contributed by atoms with Gasteiger partial charge in [-0.05, 0) is 37.8 Å². The van der Waals surface area contributed by atoms with E-state index in [0.717, 1.165) is 18.6 Å². The first-order valence-corrected chi connectivity index (χ1v) is 6.09. The average Bonchev–Trinajstić information content (AvgIpc) is 2.31. The topological polar surface area (TPSA) is 48.1 Å². The van der Waals surface area contributed by atoms with Crippen LogP contribution < -0.4 is 10.5 Å². The van der Waals surface area contributed by atoms with Crippen molar-refractivity contribution in [3.63, 3.8) is 0 Å². The largest absolute Gasteiger partial charge is 0.489 e. The molecule has 0 unspecified atom stereocenters. The number of thiocarbonyl (C=S) groups is 1. The molecule has 2 rings (SSSR count). The van der Waals surface area contributed by atoms with Crippen LogP contribution in [0.2, 0.25) is 0 Å². The standard InChI is InChI=1S/C12H16N2OS/c13-12(16)11-7-6-10(8-14-11)15-9-4-2-1-3-5-9/h6-9H,1-5H2,(H2,13,16). The SMILES string of the molecule is NC(=S)c1ccc(OC2CCCCC2)cn1. The molecule has 1 aliphatic carbocycles. The second kappa shape index (κ2) is 5.25. The van der Waals surface area contributed by atoms with Gasteiger partial charge in [0.15, 0.2) is 0 Å². The maximum absolute atomic E-state index is 5.84. The lowest BCUT2D eigenvalue weighted by atomic mass is 9.98. The molecule has 1 aliphatic rings. The number of ether oxygens (including phenoxy) is 1. The number of rotatable bonds is 3. The smallest absolute Gasteiger partial charge is 0.138 e. The van der Waals surface area contributed by atoms with Gasteiger partial charge in [-0.3, -0.25) is 0 Å². The fourth-order valence-electron chi connectivity index (χ4n) is 1.97. The van der Waals surface area contributed by atoms with Crippen LogP contribution in [-0.4, -0.2) is 16.1 Å². The van der Waals surface area contributed by atoms with Crippen LogP contribution >= 0.6 is 12.2 Å². The molecule has 1 aromatic rings. The van der Waals surface area contributed by atoms with Crippen molar-refractivity contribution in [3.8, 4) is 5.75 Å². The first-order valence-electron chi connectivity index (χ1n) is 5.68. The summed E-state index contributed by atoms with van der Waals surface area (Å²) in [5.74, 6) is 0.812. The molecule has 0 bridgehead atoms. The summed E-state index contributed by atoms with van der Waals surface area (Å²) in [5, 5.41) is 0. The van der Waals surface area contributed by atoms with E-state index in [1.165, 1.54) is 19.3 Å². The van der Waals surface area contributed by atoms with Gasteiger partial charge >= 0.3 is 0 Å². The second-order valence-electron chi connectivity index (χ2n) is 4.12. The predicted octanol–water partition coefficient (Wildman–Crippen LogP) is 2.43. The van der Waals surface area contributed by atoms with Crippen molar-refractivity contribution in [1.82, 2.24) is 4.98 Å². The molecular formula is C12H16N2OS. The van der Waals surface area contributed by atoms with Gasteiger partial charge in [0.05, 0.1) is 18.0 Å². The minimum absolute atomic E-state index is 0.323. The van der Waals surface area contributed by atoms with E-state index in [2.05, 4.69) is 4.98 Å². The fraction of sp³-hybridized carbons (Fsp3) is 0.500. The summed E-state index contributed by atoms with van der Waals surface area (Å²) < 4.78 is 5.84. The van der Waals surface area contributed by atoms with Gasteiger partial charge in [0.25, 0.3) is 0 Å². The van der Waals surface area contributed by atoms with Crippen LogP contribution in [0.5, 0.6) is 5.75 Å². The summed E-state index contributed by atoms with van der Waals surface area (Å²) in [6.07, 6.45) is 8.22. The maximum atomic E-state index is 5.84. The summed E-state index contributed by atoms with van der Waals surface area (Å²) in [4.78, 5) is 4.48. The number of hydrogen-bond acceptors (Lipinski definition) is 3. The summed E-state index contributed by atoms with van der Waals surface area (Å²) >= 11 is 4.84. The first kappa shape index (κ1) is 11.3. The number of pyridine rings is 1. The quantitative estimate of drug-likeness (QED) is 0.819. The Kier molecular flexibility index (Phi) is 3.72. The van der Waals surface area contributed by atoms with Crippen molar-refractivity contribution in [2.75, 3.05) is 0 Å². The van der Waals surface area contributed by atoms with Gasteiger partial charge in [-0.2, -0.15) is 0 Å². The minimum Gasteiger partial charge on any atom is -0.489 e. The molecule has 1 aromatic heterocycles. The van der Waals surface area contributed by atoms with E-state index in [-0.39, 0.29) is 0 Å². The van der Waals surface area contributed by atoms with Gasteiger partial charge in [-0.15, -0.1) is 0 Å². The zero-order chi connectivity index (χ0) is 11.4. The highest BCUT2D eigenvalue weighted by Gasteiger charge is 2.14. The van der Waals surface area contributed by atoms with Gasteiger partial charge in [-0.25, -0.2) is 4.98 Å². The molecule has 0 aromatic carbocycles. The van der Waals surface area contributed by atoms with Crippen molar-refractivity contribution >= 4 is 17.2 Å². The Morgan fingerprint density at radius 2 is 2.06 bits per heavy atom. The number of hydrogen-bond donors (Lipinski definition) is 1. The molecule has 3 nitrogen and oxygen atoms in total. The molecule has 4 heteroatoms. The Bertz CT molecular complexity index is 358. The van der Waals surface area contributed by atoms with Crippen molar-refractivity contribution in [1.29, 1.82) is 0 Å². The van der Waals surface area contributed by atoms with Crippen molar-refractivity contribution in [3.05, 3.63) is 24.0 Å². The van der Waals surface area contributed by atoms with Gasteiger partial charge in [0, 0.05) is 0 Å². The Balaban J connectivity index is 1.96. The van der Waals surface area contributed by atoms with Crippen molar-refractivity contribution < 1.29 is 4.74 Å². The third kappa shape index (κ3) is 2.92. The summed E-state index contributed by atoms with van der Waals surface area (Å²) in [6, 6.07) is 3.69. The molecule has 16 heavy (non-hydrogen) atoms. The Morgan fingerprint density at radius 1 is 1.31 bits per heavy atom. The Morgan fingerprint density at radius 3 is 2.62 bits per heavy atom. The molecule has 0 atom stereocenters. The fourth-order valence-corrected chi connectivity index (χ4v) is 2.09. The third-order valence-corrected chi connectivity index (χ3v) is 3.05. The normalized spacial score (nSPS) is 17.0. The van der Waals surface area contributed by atoms with Crippen LogP contribution in [0.3, 0.4) is 0 Å². The van der Waals surface area contributed by atoms with E-state index in [4.69, 9.17) is 22.7 Å². The molecule has 86 valence electrons. The molecule has 1 heterocycles. The van der Waals surface area contributed by atoms with E-state index in [1.54, 1.807) is 12.3 Å². The zero-order valence-electron chi connectivity index (χ0n) is 9.19. The van der Waals surface area contributed by atoms with Gasteiger partial charge in [0.2, 0.25) is 0 Å². The zero-order valence-corrected chi connectivity index (χ0v) is 10.0. The highest BCUT2D eigenvalue weighted by Crippen LogP contribution is 2.22. The molecule has 0 aliphatic heterocycles. The lowest BCUT2D eigenvalue weighted by Crippen LogP contribution is -2.20. The van der Waals surface area contributed by atoms with E-state index < -0.39 is 0 Å². The maximum Gasteiger partial charge on any atom is 0.138 e. The molecular weight excluding hydrogens is 220 g/mol. The Hall–Kier alpha value is -1.16. The predicted molar refractivity (Wildman–Crippen MR) is 67.6 cm³/mol. The molecule has 2 N–H and O–H groups in total. The Labute approximate surface area is 101 Å². The van der Waals surface area contributed by atoms with Crippen molar-refractivity contribution in [2.45, 2.75) is 38.2 Å². The van der Waals surface area contributed by atoms with Crippen LogP contribution in [0, 0.1) is 0 Å². The number of aromatic nitrogens is 1. The number of nitrogens with two attached hydrogens (primary N) is 1. The second-order valence-corrected chi connectivity index (χ2v) is 4.56. The summed E-state index contributed by atoms with van der Waals surface area (Å²) in [6.45, 7) is 0.